The highest BCUT2D eigenvalue weighted by Crippen LogP contribution is 2.32. The molecule has 1 heterocycles. The first-order valence-electron chi connectivity index (χ1n) is 9.04. The second-order valence-corrected chi connectivity index (χ2v) is 6.91. The van der Waals surface area contributed by atoms with Crippen molar-refractivity contribution in [3.05, 3.63) is 66.2 Å². The number of rotatable bonds is 6. The number of halogens is 1. The second kappa shape index (κ2) is 8.16. The summed E-state index contributed by atoms with van der Waals surface area (Å²) in [6.45, 7) is 2.52. The summed E-state index contributed by atoms with van der Waals surface area (Å²) in [5.74, 6) is -0.166. The highest BCUT2D eigenvalue weighted by molar-refractivity contribution is 5.79. The lowest BCUT2D eigenvalue weighted by Crippen LogP contribution is -2.21. The molecular weight excluding hydrogens is 341 g/mol. The average molecular weight is 365 g/mol. The Balaban J connectivity index is 1.99. The van der Waals surface area contributed by atoms with E-state index >= 15 is 0 Å². The molecule has 0 spiro atoms. The molecule has 1 amide bonds. The van der Waals surface area contributed by atoms with Gasteiger partial charge in [0.1, 0.15) is 5.82 Å². The van der Waals surface area contributed by atoms with Crippen LogP contribution in [0.4, 0.5) is 4.39 Å². The van der Waals surface area contributed by atoms with Crippen molar-refractivity contribution in [3.63, 3.8) is 0 Å². The smallest absolute Gasteiger partial charge is 0.222 e. The molecule has 0 radical (unpaired) electrons. The Bertz CT molecular complexity index is 912. The molecule has 2 aromatic carbocycles. The molecule has 0 unspecified atom stereocenters. The van der Waals surface area contributed by atoms with Crippen LogP contribution in [0.3, 0.4) is 0 Å². The topological polar surface area (TPSA) is 38.1 Å². The predicted molar refractivity (Wildman–Crippen MR) is 106 cm³/mol. The molecule has 0 N–H and O–H groups in total. The van der Waals surface area contributed by atoms with Gasteiger partial charge in [0.15, 0.2) is 0 Å². The number of aromatic nitrogens is 2. The Labute approximate surface area is 159 Å². The molecule has 0 fully saturated rings. The van der Waals surface area contributed by atoms with Gasteiger partial charge in [-0.3, -0.25) is 4.79 Å². The molecule has 140 valence electrons. The van der Waals surface area contributed by atoms with Gasteiger partial charge in [-0.1, -0.05) is 30.3 Å². The van der Waals surface area contributed by atoms with Gasteiger partial charge >= 0.3 is 0 Å². The quantitative estimate of drug-likeness (QED) is 0.643. The number of imidazole rings is 1. The molecule has 0 aliphatic rings. The van der Waals surface area contributed by atoms with Crippen molar-refractivity contribution in [2.45, 2.75) is 26.3 Å². The monoisotopic (exact) mass is 365 g/mol. The molecule has 3 rings (SSSR count). The van der Waals surface area contributed by atoms with E-state index in [4.69, 9.17) is 0 Å². The highest BCUT2D eigenvalue weighted by atomic mass is 19.1. The number of benzene rings is 2. The van der Waals surface area contributed by atoms with Crippen LogP contribution in [0.15, 0.2) is 54.9 Å². The molecule has 0 bridgehead atoms. The molecular formula is C22H24FN3O. The summed E-state index contributed by atoms with van der Waals surface area (Å²) in [4.78, 5) is 18.1. The zero-order valence-corrected chi connectivity index (χ0v) is 15.9. The fraction of sp³-hybridized carbons (Fsp3) is 0.273. The Morgan fingerprint density at radius 3 is 2.52 bits per heavy atom. The minimum Gasteiger partial charge on any atom is -0.349 e. The molecule has 0 saturated carbocycles. The van der Waals surface area contributed by atoms with Gasteiger partial charge in [0.05, 0.1) is 17.7 Å². The summed E-state index contributed by atoms with van der Waals surface area (Å²) in [6, 6.07) is 14.9. The summed E-state index contributed by atoms with van der Waals surface area (Å²) >= 11 is 0. The van der Waals surface area contributed by atoms with E-state index in [9.17, 15) is 9.18 Å². The maximum absolute atomic E-state index is 14.1. The minimum atomic E-state index is -0.264. The molecule has 27 heavy (non-hydrogen) atoms. The molecule has 3 aromatic rings. The fourth-order valence-electron chi connectivity index (χ4n) is 3.16. The van der Waals surface area contributed by atoms with Crippen LogP contribution in [0.5, 0.6) is 0 Å². The van der Waals surface area contributed by atoms with E-state index in [0.717, 1.165) is 28.1 Å². The zero-order chi connectivity index (χ0) is 19.4. The van der Waals surface area contributed by atoms with Crippen LogP contribution >= 0.6 is 0 Å². The standard InChI is InChI=1S/C22H24FN3O/c1-16-12-18(14-19(23)13-16)22-21(17-8-5-4-6-9-17)24-15-26(22)11-7-10-20(27)25(2)3/h4-6,8-9,12-15H,7,10-11H2,1-3H3. The molecule has 1 aromatic heterocycles. The van der Waals surface area contributed by atoms with E-state index < -0.39 is 0 Å². The molecule has 0 aliphatic carbocycles. The Hall–Kier alpha value is -2.95. The third-order valence-electron chi connectivity index (χ3n) is 4.49. The third-order valence-corrected chi connectivity index (χ3v) is 4.49. The van der Waals surface area contributed by atoms with Crippen molar-refractivity contribution in [3.8, 4) is 22.5 Å². The van der Waals surface area contributed by atoms with E-state index in [2.05, 4.69) is 4.98 Å². The Morgan fingerprint density at radius 1 is 1.11 bits per heavy atom. The van der Waals surface area contributed by atoms with Crippen LogP contribution in [0.25, 0.3) is 22.5 Å². The van der Waals surface area contributed by atoms with E-state index in [1.54, 1.807) is 25.3 Å². The summed E-state index contributed by atoms with van der Waals surface area (Å²) in [5.41, 5.74) is 4.33. The lowest BCUT2D eigenvalue weighted by Gasteiger charge is -2.13. The van der Waals surface area contributed by atoms with Gasteiger partial charge in [0, 0.05) is 38.2 Å². The third kappa shape index (κ3) is 4.42. The van der Waals surface area contributed by atoms with E-state index in [0.29, 0.717) is 19.4 Å². The van der Waals surface area contributed by atoms with E-state index in [-0.39, 0.29) is 11.7 Å². The SMILES string of the molecule is Cc1cc(F)cc(-c2c(-c3ccccc3)ncn2CCCC(=O)N(C)C)c1. The van der Waals surface area contributed by atoms with Gasteiger partial charge in [-0.25, -0.2) is 9.37 Å². The van der Waals surface area contributed by atoms with Gasteiger partial charge in [-0.15, -0.1) is 0 Å². The van der Waals surface area contributed by atoms with Gasteiger partial charge in [0.2, 0.25) is 5.91 Å². The number of aryl methyl sites for hydroxylation is 2. The lowest BCUT2D eigenvalue weighted by atomic mass is 10.0. The van der Waals surface area contributed by atoms with Crippen molar-refractivity contribution in [1.82, 2.24) is 14.5 Å². The van der Waals surface area contributed by atoms with Crippen molar-refractivity contribution in [1.29, 1.82) is 0 Å². The van der Waals surface area contributed by atoms with Crippen LogP contribution < -0.4 is 0 Å². The van der Waals surface area contributed by atoms with Crippen LogP contribution in [0.1, 0.15) is 18.4 Å². The fourth-order valence-corrected chi connectivity index (χ4v) is 3.16. The highest BCUT2D eigenvalue weighted by Gasteiger charge is 2.16. The first-order valence-corrected chi connectivity index (χ1v) is 9.04. The largest absolute Gasteiger partial charge is 0.349 e. The van der Waals surface area contributed by atoms with Crippen LogP contribution in [0.2, 0.25) is 0 Å². The first-order chi connectivity index (χ1) is 13.0. The summed E-state index contributed by atoms with van der Waals surface area (Å²) in [7, 11) is 3.52. The molecule has 0 aliphatic heterocycles. The zero-order valence-electron chi connectivity index (χ0n) is 15.9. The normalized spacial score (nSPS) is 10.8. The predicted octanol–water partition coefficient (Wildman–Crippen LogP) is 4.53. The minimum absolute atomic E-state index is 0.0987. The Kier molecular flexibility index (Phi) is 5.69. The number of hydrogen-bond donors (Lipinski definition) is 0. The van der Waals surface area contributed by atoms with E-state index in [1.807, 2.05) is 47.9 Å². The van der Waals surface area contributed by atoms with Crippen LogP contribution in [-0.2, 0) is 11.3 Å². The summed E-state index contributed by atoms with van der Waals surface area (Å²) in [5, 5.41) is 0. The first kappa shape index (κ1) is 18.8. The molecule has 5 heteroatoms. The van der Waals surface area contributed by atoms with Crippen LogP contribution in [0, 0.1) is 12.7 Å². The number of hydrogen-bond acceptors (Lipinski definition) is 2. The van der Waals surface area contributed by atoms with Crippen LogP contribution in [-0.4, -0.2) is 34.5 Å². The van der Waals surface area contributed by atoms with Crippen molar-refractivity contribution in [2.75, 3.05) is 14.1 Å². The van der Waals surface area contributed by atoms with Crippen molar-refractivity contribution >= 4 is 5.91 Å². The average Bonchev–Trinajstić information content (AvgIpc) is 3.05. The van der Waals surface area contributed by atoms with Gasteiger partial charge in [0.25, 0.3) is 0 Å². The van der Waals surface area contributed by atoms with Crippen molar-refractivity contribution in [2.24, 2.45) is 0 Å². The maximum atomic E-state index is 14.1. The molecule has 4 nitrogen and oxygen atoms in total. The molecule has 0 atom stereocenters. The van der Waals surface area contributed by atoms with Gasteiger partial charge in [-0.2, -0.15) is 0 Å². The molecule has 0 saturated heterocycles. The number of carbonyl (C=O) groups is 1. The maximum Gasteiger partial charge on any atom is 0.222 e. The lowest BCUT2D eigenvalue weighted by molar-refractivity contribution is -0.128. The number of amides is 1. The summed E-state index contributed by atoms with van der Waals surface area (Å²) in [6.07, 6.45) is 2.94. The van der Waals surface area contributed by atoms with Gasteiger partial charge < -0.3 is 9.47 Å². The van der Waals surface area contributed by atoms with Crippen molar-refractivity contribution < 1.29 is 9.18 Å². The van der Waals surface area contributed by atoms with Gasteiger partial charge in [-0.05, 0) is 37.1 Å². The second-order valence-electron chi connectivity index (χ2n) is 6.91. The number of nitrogens with zero attached hydrogens (tertiary/aromatic N) is 3. The summed E-state index contributed by atoms with van der Waals surface area (Å²) < 4.78 is 16.1. The Morgan fingerprint density at radius 2 is 1.85 bits per heavy atom. The van der Waals surface area contributed by atoms with E-state index in [1.165, 1.54) is 12.1 Å². The number of carbonyl (C=O) groups excluding carboxylic acids is 1.